The Balaban J connectivity index is 2.31. The maximum atomic E-state index is 5.31. The minimum absolute atomic E-state index is 0.365. The summed E-state index contributed by atoms with van der Waals surface area (Å²) in [6.45, 7) is 4.26. The number of aromatic nitrogens is 2. The average molecular weight is 353 g/mol. The van der Waals surface area contributed by atoms with Gasteiger partial charge in [0.1, 0.15) is 16.2 Å². The Morgan fingerprint density at radius 3 is 2.50 bits per heavy atom. The molecule has 0 aliphatic carbocycles. The van der Waals surface area contributed by atoms with Crippen LogP contribution in [0.15, 0.2) is 28.7 Å². The van der Waals surface area contributed by atoms with Gasteiger partial charge in [-0.15, -0.1) is 0 Å². The molecule has 0 spiro atoms. The number of hydrogen-bond acceptors (Lipinski definition) is 3. The van der Waals surface area contributed by atoms with Crippen molar-refractivity contribution in [2.24, 2.45) is 0 Å². The van der Waals surface area contributed by atoms with Crippen LogP contribution in [0.1, 0.15) is 36.8 Å². The predicted molar refractivity (Wildman–Crippen MR) is 87.0 cm³/mol. The van der Waals surface area contributed by atoms with Gasteiger partial charge in [0.2, 0.25) is 0 Å². The number of methoxy groups -OCH3 is 1. The Hall–Kier alpha value is -1.20. The Morgan fingerprint density at radius 2 is 1.95 bits per heavy atom. The predicted octanol–water partition coefficient (Wildman–Crippen LogP) is 4.62. The Bertz CT molecular complexity index is 650. The molecule has 1 N–H and O–H groups in total. The number of H-pyrrole nitrogens is 1. The average Bonchev–Trinajstić information content (AvgIpc) is 2.43. The quantitative estimate of drug-likeness (QED) is 0.815. The van der Waals surface area contributed by atoms with Gasteiger partial charge in [-0.25, -0.2) is 4.98 Å². The maximum absolute atomic E-state index is 5.31. The van der Waals surface area contributed by atoms with Crippen LogP contribution in [0.3, 0.4) is 0 Å². The second-order valence-electron chi connectivity index (χ2n) is 4.90. The number of ether oxygens (including phenoxy) is 1. The molecular weight excluding hydrogens is 336 g/mol. The molecule has 2 rings (SSSR count). The monoisotopic (exact) mass is 352 g/mol. The molecule has 0 saturated heterocycles. The van der Waals surface area contributed by atoms with Crippen molar-refractivity contribution in [1.82, 2.24) is 9.97 Å². The largest absolute Gasteiger partial charge is 0.497 e. The normalized spacial score (nSPS) is 10.8. The summed E-state index contributed by atoms with van der Waals surface area (Å²) in [5.41, 5.74) is 2.26. The lowest BCUT2D eigenvalue weighted by molar-refractivity contribution is 0.414. The molecule has 0 bridgehead atoms. The third-order valence-electron chi connectivity index (χ3n) is 3.05. The summed E-state index contributed by atoms with van der Waals surface area (Å²) in [4.78, 5) is 7.81. The highest BCUT2D eigenvalue weighted by Gasteiger charge is 2.10. The highest BCUT2D eigenvalue weighted by atomic mass is 79.9. The summed E-state index contributed by atoms with van der Waals surface area (Å²) in [5, 5.41) is 0. The minimum atomic E-state index is 0.365. The zero-order chi connectivity index (χ0) is 14.7. The zero-order valence-corrected chi connectivity index (χ0v) is 14.1. The van der Waals surface area contributed by atoms with E-state index in [9.17, 15) is 0 Å². The molecule has 1 aromatic heterocycles. The van der Waals surface area contributed by atoms with Crippen molar-refractivity contribution in [3.8, 4) is 5.75 Å². The number of nitrogens with one attached hydrogen (secondary N) is 1. The molecule has 1 aromatic carbocycles. The molecule has 1 heterocycles. The highest BCUT2D eigenvalue weighted by Crippen LogP contribution is 2.24. The van der Waals surface area contributed by atoms with Gasteiger partial charge in [0, 0.05) is 12.1 Å². The van der Waals surface area contributed by atoms with Gasteiger partial charge in [0.25, 0.3) is 0 Å². The molecule has 2 aromatic rings. The maximum Gasteiger partial charge on any atom is 0.144 e. The molecule has 0 atom stereocenters. The van der Waals surface area contributed by atoms with Crippen LogP contribution in [-0.4, -0.2) is 17.1 Å². The van der Waals surface area contributed by atoms with E-state index in [4.69, 9.17) is 17.0 Å². The van der Waals surface area contributed by atoms with Crippen LogP contribution < -0.4 is 4.74 Å². The van der Waals surface area contributed by atoms with Gasteiger partial charge in [-0.1, -0.05) is 38.2 Å². The summed E-state index contributed by atoms with van der Waals surface area (Å²) in [7, 11) is 1.66. The van der Waals surface area contributed by atoms with Crippen molar-refractivity contribution in [3.05, 3.63) is 50.5 Å². The van der Waals surface area contributed by atoms with Crippen LogP contribution in [0.2, 0.25) is 0 Å². The molecule has 0 radical (unpaired) electrons. The van der Waals surface area contributed by atoms with Gasteiger partial charge in [-0.05, 0) is 39.5 Å². The zero-order valence-electron chi connectivity index (χ0n) is 11.7. The fourth-order valence-electron chi connectivity index (χ4n) is 1.94. The van der Waals surface area contributed by atoms with Gasteiger partial charge in [0.05, 0.1) is 11.6 Å². The number of hydrogen-bond donors (Lipinski definition) is 1. The second-order valence-corrected chi connectivity index (χ2v) is 6.08. The molecule has 5 heteroatoms. The Labute approximate surface area is 132 Å². The van der Waals surface area contributed by atoms with Gasteiger partial charge in [0.15, 0.2) is 0 Å². The number of aromatic amines is 1. The summed E-state index contributed by atoms with van der Waals surface area (Å²) < 4.78 is 6.66. The van der Waals surface area contributed by atoms with Crippen LogP contribution in [0.5, 0.6) is 5.75 Å². The molecule has 0 fully saturated rings. The van der Waals surface area contributed by atoms with E-state index >= 15 is 0 Å². The number of halogens is 1. The van der Waals surface area contributed by atoms with Crippen LogP contribution in [0, 0.1) is 4.64 Å². The van der Waals surface area contributed by atoms with Gasteiger partial charge in [-0.3, -0.25) is 0 Å². The number of rotatable bonds is 4. The van der Waals surface area contributed by atoms with Crippen molar-refractivity contribution < 1.29 is 4.74 Å². The van der Waals surface area contributed by atoms with Crippen molar-refractivity contribution >= 4 is 28.1 Å². The molecule has 20 heavy (non-hydrogen) atoms. The Kier molecular flexibility index (Phi) is 4.94. The van der Waals surface area contributed by atoms with Crippen LogP contribution >= 0.6 is 28.1 Å². The first-order valence-electron chi connectivity index (χ1n) is 6.42. The molecule has 0 saturated carbocycles. The van der Waals surface area contributed by atoms with Gasteiger partial charge >= 0.3 is 0 Å². The van der Waals surface area contributed by atoms with Crippen LogP contribution in [0.25, 0.3) is 0 Å². The summed E-state index contributed by atoms with van der Waals surface area (Å²) in [6.07, 6.45) is 0.723. The number of benzene rings is 1. The smallest absolute Gasteiger partial charge is 0.144 e. The SMILES string of the molecule is COc1ccc(Cc2nc(=S)c(Br)c(C(C)C)[nH]2)cc1. The minimum Gasteiger partial charge on any atom is -0.497 e. The van der Waals surface area contributed by atoms with E-state index in [-0.39, 0.29) is 0 Å². The van der Waals surface area contributed by atoms with E-state index in [0.29, 0.717) is 10.6 Å². The van der Waals surface area contributed by atoms with Crippen molar-refractivity contribution in [2.45, 2.75) is 26.2 Å². The van der Waals surface area contributed by atoms with Crippen molar-refractivity contribution in [1.29, 1.82) is 0 Å². The molecule has 0 unspecified atom stereocenters. The number of nitrogens with zero attached hydrogens (tertiary/aromatic N) is 1. The summed E-state index contributed by atoms with van der Waals surface area (Å²) >= 11 is 8.81. The standard InChI is InChI=1S/C15H17BrN2OS/c1-9(2)14-13(16)15(20)18-12(17-14)8-10-4-6-11(19-3)7-5-10/h4-7,9H,8H2,1-3H3,(H,17,18,20). The Morgan fingerprint density at radius 1 is 1.30 bits per heavy atom. The molecule has 0 aliphatic heterocycles. The molecule has 0 aliphatic rings. The van der Waals surface area contributed by atoms with Gasteiger partial charge in [-0.2, -0.15) is 0 Å². The van der Waals surface area contributed by atoms with E-state index in [0.717, 1.165) is 28.2 Å². The van der Waals surface area contributed by atoms with E-state index in [1.807, 2.05) is 24.3 Å². The third kappa shape index (κ3) is 3.46. The van der Waals surface area contributed by atoms with Gasteiger partial charge < -0.3 is 9.72 Å². The van der Waals surface area contributed by atoms with E-state index in [1.54, 1.807) is 7.11 Å². The molecular formula is C15H17BrN2OS. The first-order chi connectivity index (χ1) is 9.51. The van der Waals surface area contributed by atoms with Crippen molar-refractivity contribution in [2.75, 3.05) is 7.11 Å². The lowest BCUT2D eigenvalue weighted by Crippen LogP contribution is -2.04. The summed E-state index contributed by atoms with van der Waals surface area (Å²) in [6, 6.07) is 7.97. The van der Waals surface area contributed by atoms with Crippen LogP contribution in [-0.2, 0) is 6.42 Å². The fourth-order valence-corrected chi connectivity index (χ4v) is 2.81. The van der Waals surface area contributed by atoms with Crippen LogP contribution in [0.4, 0.5) is 0 Å². The second kappa shape index (κ2) is 6.50. The molecule has 3 nitrogen and oxygen atoms in total. The van der Waals surface area contributed by atoms with E-state index in [1.165, 1.54) is 5.56 Å². The van der Waals surface area contributed by atoms with E-state index < -0.39 is 0 Å². The topological polar surface area (TPSA) is 37.9 Å². The molecule has 0 amide bonds. The lowest BCUT2D eigenvalue weighted by atomic mass is 10.1. The third-order valence-corrected chi connectivity index (χ3v) is 4.41. The van der Waals surface area contributed by atoms with Crippen molar-refractivity contribution in [3.63, 3.8) is 0 Å². The lowest BCUT2D eigenvalue weighted by Gasteiger charge is -2.11. The highest BCUT2D eigenvalue weighted by molar-refractivity contribution is 9.10. The molecule has 106 valence electrons. The summed E-state index contributed by atoms with van der Waals surface area (Å²) in [5.74, 6) is 2.10. The first-order valence-corrected chi connectivity index (χ1v) is 7.63. The fraction of sp³-hybridized carbons (Fsp3) is 0.333. The van der Waals surface area contributed by atoms with E-state index in [2.05, 4.69) is 39.7 Å². The first kappa shape index (κ1) is 15.2.